The Morgan fingerprint density at radius 2 is 2.05 bits per heavy atom. The van der Waals surface area contributed by atoms with E-state index in [4.69, 9.17) is 0 Å². The molecule has 2 bridgehead atoms. The third-order valence-corrected chi connectivity index (χ3v) is 6.47. The molecule has 1 aromatic carbocycles. The first kappa shape index (κ1) is 13.0. The van der Waals surface area contributed by atoms with Crippen molar-refractivity contribution in [2.24, 2.45) is 16.7 Å². The summed E-state index contributed by atoms with van der Waals surface area (Å²) in [5.74, 6) is 0.907. The van der Waals surface area contributed by atoms with Gasteiger partial charge in [0.05, 0.1) is 0 Å². The molecule has 2 aliphatic carbocycles. The average Bonchev–Trinajstić information content (AvgIpc) is 2.72. The van der Waals surface area contributed by atoms with Gasteiger partial charge in [0.1, 0.15) is 0 Å². The molecule has 0 heterocycles. The normalized spacial score (nSPS) is 35.6. The quantitative estimate of drug-likeness (QED) is 0.814. The molecule has 0 amide bonds. The fourth-order valence-electron chi connectivity index (χ4n) is 4.50. The Bertz CT molecular complexity index is 476. The molecule has 0 aliphatic heterocycles. The van der Waals surface area contributed by atoms with Crippen LogP contribution in [-0.2, 0) is 6.42 Å². The minimum atomic E-state index is 0.458. The van der Waals surface area contributed by atoms with Gasteiger partial charge < -0.3 is 5.32 Å². The van der Waals surface area contributed by atoms with Crippen molar-refractivity contribution in [1.82, 2.24) is 0 Å². The van der Waals surface area contributed by atoms with Crippen LogP contribution in [0.3, 0.4) is 0 Å². The first-order valence-corrected chi connectivity index (χ1v) is 7.83. The van der Waals surface area contributed by atoms with Crippen molar-refractivity contribution in [1.29, 1.82) is 0 Å². The predicted molar refractivity (Wildman–Crippen MR) is 82.5 cm³/mol. The largest absolute Gasteiger partial charge is 0.382 e. The summed E-state index contributed by atoms with van der Waals surface area (Å²) < 4.78 is 0. The monoisotopic (exact) mass is 257 g/mol. The van der Waals surface area contributed by atoms with Gasteiger partial charge >= 0.3 is 0 Å². The molecule has 0 radical (unpaired) electrons. The summed E-state index contributed by atoms with van der Waals surface area (Å²) >= 11 is 0. The number of benzene rings is 1. The Balaban J connectivity index is 1.82. The van der Waals surface area contributed by atoms with Gasteiger partial charge in [0.2, 0.25) is 0 Å². The molecule has 3 rings (SSSR count). The molecule has 0 saturated heterocycles. The summed E-state index contributed by atoms with van der Waals surface area (Å²) in [5, 5.41) is 3.84. The van der Waals surface area contributed by atoms with Gasteiger partial charge in [-0.05, 0) is 60.1 Å². The summed E-state index contributed by atoms with van der Waals surface area (Å²) in [5.41, 5.74) is 3.69. The predicted octanol–water partition coefficient (Wildman–Crippen LogP) is 4.88. The molecule has 0 spiro atoms. The molecule has 3 atom stereocenters. The van der Waals surface area contributed by atoms with E-state index in [0.717, 1.165) is 12.3 Å². The molecule has 2 saturated carbocycles. The second-order valence-electron chi connectivity index (χ2n) is 7.36. The van der Waals surface area contributed by atoms with Crippen LogP contribution in [0.4, 0.5) is 5.69 Å². The van der Waals surface area contributed by atoms with Crippen LogP contribution in [0.5, 0.6) is 0 Å². The minimum Gasteiger partial charge on any atom is -0.382 e. The summed E-state index contributed by atoms with van der Waals surface area (Å²) in [6.45, 7) is 9.69. The fraction of sp³-hybridized carbons (Fsp3) is 0.667. The second-order valence-corrected chi connectivity index (χ2v) is 7.36. The summed E-state index contributed by atoms with van der Waals surface area (Å²) in [6.07, 6.45) is 5.28. The maximum Gasteiger partial charge on any atom is 0.0345 e. The SMILES string of the molecule is CCc1cccc(NC2CC3CCC2(C)C3(C)C)c1. The average molecular weight is 257 g/mol. The van der Waals surface area contributed by atoms with Crippen molar-refractivity contribution in [2.45, 2.75) is 59.4 Å². The van der Waals surface area contributed by atoms with Crippen LogP contribution in [0, 0.1) is 16.7 Å². The molecular weight excluding hydrogens is 230 g/mol. The lowest BCUT2D eigenvalue weighted by Gasteiger charge is -2.40. The third-order valence-electron chi connectivity index (χ3n) is 6.47. The Labute approximate surface area is 117 Å². The zero-order chi connectivity index (χ0) is 13.7. The second kappa shape index (κ2) is 4.26. The van der Waals surface area contributed by atoms with Crippen LogP contribution < -0.4 is 5.32 Å². The lowest BCUT2D eigenvalue weighted by Crippen LogP contribution is -2.40. The Hall–Kier alpha value is -0.980. The smallest absolute Gasteiger partial charge is 0.0345 e. The van der Waals surface area contributed by atoms with E-state index in [2.05, 4.69) is 57.3 Å². The number of hydrogen-bond acceptors (Lipinski definition) is 1. The van der Waals surface area contributed by atoms with E-state index < -0.39 is 0 Å². The van der Waals surface area contributed by atoms with Crippen LogP contribution in [0.1, 0.15) is 52.5 Å². The number of nitrogens with one attached hydrogen (secondary N) is 1. The van der Waals surface area contributed by atoms with Crippen molar-refractivity contribution >= 4 is 5.69 Å². The summed E-state index contributed by atoms with van der Waals surface area (Å²) in [7, 11) is 0. The van der Waals surface area contributed by atoms with E-state index in [-0.39, 0.29) is 0 Å². The van der Waals surface area contributed by atoms with Crippen molar-refractivity contribution in [2.75, 3.05) is 5.32 Å². The van der Waals surface area contributed by atoms with E-state index in [1.165, 1.54) is 30.5 Å². The highest BCUT2D eigenvalue weighted by Gasteiger charge is 2.61. The number of rotatable bonds is 3. The zero-order valence-electron chi connectivity index (χ0n) is 12.8. The van der Waals surface area contributed by atoms with Gasteiger partial charge in [-0.3, -0.25) is 0 Å². The number of fused-ring (bicyclic) bond motifs is 2. The van der Waals surface area contributed by atoms with Crippen LogP contribution in [0.15, 0.2) is 24.3 Å². The molecule has 1 heteroatoms. The molecule has 1 N–H and O–H groups in total. The summed E-state index contributed by atoms with van der Waals surface area (Å²) in [6, 6.07) is 9.59. The Morgan fingerprint density at radius 1 is 1.26 bits per heavy atom. The van der Waals surface area contributed by atoms with Crippen LogP contribution >= 0.6 is 0 Å². The van der Waals surface area contributed by atoms with Crippen LogP contribution in [-0.4, -0.2) is 6.04 Å². The first-order chi connectivity index (χ1) is 8.97. The lowest BCUT2D eigenvalue weighted by molar-refractivity contribution is 0.142. The van der Waals surface area contributed by atoms with E-state index >= 15 is 0 Å². The Kier molecular flexibility index (Phi) is 2.92. The highest BCUT2D eigenvalue weighted by molar-refractivity contribution is 5.47. The molecule has 2 fully saturated rings. The van der Waals surface area contributed by atoms with Gasteiger partial charge in [0, 0.05) is 11.7 Å². The number of anilines is 1. The van der Waals surface area contributed by atoms with E-state index in [0.29, 0.717) is 16.9 Å². The van der Waals surface area contributed by atoms with Gasteiger partial charge in [-0.1, -0.05) is 39.8 Å². The maximum absolute atomic E-state index is 3.84. The fourth-order valence-corrected chi connectivity index (χ4v) is 4.50. The number of aryl methyl sites for hydroxylation is 1. The van der Waals surface area contributed by atoms with Gasteiger partial charge in [0.15, 0.2) is 0 Å². The molecule has 2 aliphatic rings. The maximum atomic E-state index is 3.84. The van der Waals surface area contributed by atoms with Gasteiger partial charge in [0.25, 0.3) is 0 Å². The first-order valence-electron chi connectivity index (χ1n) is 7.83. The van der Waals surface area contributed by atoms with Gasteiger partial charge in [-0.25, -0.2) is 0 Å². The van der Waals surface area contributed by atoms with Crippen molar-refractivity contribution in [3.63, 3.8) is 0 Å². The van der Waals surface area contributed by atoms with Crippen LogP contribution in [0.25, 0.3) is 0 Å². The lowest BCUT2D eigenvalue weighted by atomic mass is 9.69. The van der Waals surface area contributed by atoms with E-state index in [9.17, 15) is 0 Å². The van der Waals surface area contributed by atoms with Crippen molar-refractivity contribution in [3.05, 3.63) is 29.8 Å². The summed E-state index contributed by atoms with van der Waals surface area (Å²) in [4.78, 5) is 0. The molecular formula is C18H27N. The van der Waals surface area contributed by atoms with E-state index in [1.54, 1.807) is 0 Å². The zero-order valence-corrected chi connectivity index (χ0v) is 12.8. The molecule has 1 nitrogen and oxygen atoms in total. The molecule has 1 aromatic rings. The van der Waals surface area contributed by atoms with Crippen LogP contribution in [0.2, 0.25) is 0 Å². The number of hydrogen-bond donors (Lipinski definition) is 1. The minimum absolute atomic E-state index is 0.458. The third kappa shape index (κ3) is 1.81. The van der Waals surface area contributed by atoms with Gasteiger partial charge in [-0.2, -0.15) is 0 Å². The molecule has 104 valence electrons. The van der Waals surface area contributed by atoms with Crippen molar-refractivity contribution in [3.8, 4) is 0 Å². The van der Waals surface area contributed by atoms with E-state index in [1.807, 2.05) is 0 Å². The standard InChI is InChI=1S/C18H27N/c1-5-13-7-6-8-15(11-13)19-16-12-14-9-10-18(16,4)17(14,2)3/h6-8,11,14,16,19H,5,9-10,12H2,1-4H3. The van der Waals surface area contributed by atoms with Crippen molar-refractivity contribution < 1.29 is 0 Å². The molecule has 0 aromatic heterocycles. The van der Waals surface area contributed by atoms with Gasteiger partial charge in [-0.15, -0.1) is 0 Å². The highest BCUT2D eigenvalue weighted by atomic mass is 15.0. The highest BCUT2D eigenvalue weighted by Crippen LogP contribution is 2.65. The Morgan fingerprint density at radius 3 is 2.63 bits per heavy atom. The topological polar surface area (TPSA) is 12.0 Å². The molecule has 19 heavy (non-hydrogen) atoms. The molecule has 3 unspecified atom stereocenters.